The molecule has 2 aromatic rings. The standard InChI is InChI=1S/C19H28N4O3S2/c1-14-9-10-27-18(14)12-23(6)13-19(24)20-16-11-15(28(25,26)22(4)5)7-8-17(16)21(2)3/h7-11H,12-13H2,1-6H3,(H,20,24). The molecule has 0 radical (unpaired) electrons. The molecule has 7 nitrogen and oxygen atoms in total. The van der Waals surface area contributed by atoms with E-state index in [2.05, 4.69) is 18.3 Å². The fourth-order valence-corrected chi connectivity index (χ4v) is 4.59. The second-order valence-corrected chi connectivity index (χ2v) is 10.3. The van der Waals surface area contributed by atoms with Crippen LogP contribution in [0, 0.1) is 6.92 Å². The van der Waals surface area contributed by atoms with Gasteiger partial charge in [-0.25, -0.2) is 12.7 Å². The van der Waals surface area contributed by atoms with Crippen molar-refractivity contribution in [1.82, 2.24) is 9.21 Å². The van der Waals surface area contributed by atoms with Gasteiger partial charge >= 0.3 is 0 Å². The second kappa shape index (κ2) is 9.04. The van der Waals surface area contributed by atoms with Crippen LogP contribution in [-0.2, 0) is 21.4 Å². The van der Waals surface area contributed by atoms with Gasteiger partial charge in [0.25, 0.3) is 0 Å². The topological polar surface area (TPSA) is 73.0 Å². The molecule has 0 unspecified atom stereocenters. The van der Waals surface area contributed by atoms with E-state index in [4.69, 9.17) is 0 Å². The molecule has 0 saturated carbocycles. The molecule has 28 heavy (non-hydrogen) atoms. The summed E-state index contributed by atoms with van der Waals surface area (Å²) < 4.78 is 26.0. The molecule has 154 valence electrons. The third kappa shape index (κ3) is 5.32. The van der Waals surface area contributed by atoms with Gasteiger partial charge in [0.2, 0.25) is 15.9 Å². The highest BCUT2D eigenvalue weighted by Gasteiger charge is 2.20. The van der Waals surface area contributed by atoms with Crippen LogP contribution in [0.2, 0.25) is 0 Å². The van der Waals surface area contributed by atoms with Crippen molar-refractivity contribution < 1.29 is 13.2 Å². The minimum absolute atomic E-state index is 0.140. The molecule has 1 amide bonds. The quantitative estimate of drug-likeness (QED) is 0.705. The monoisotopic (exact) mass is 424 g/mol. The largest absolute Gasteiger partial charge is 0.376 e. The van der Waals surface area contributed by atoms with E-state index < -0.39 is 10.0 Å². The normalized spacial score (nSPS) is 11.9. The van der Waals surface area contributed by atoms with Crippen molar-refractivity contribution in [2.45, 2.75) is 18.4 Å². The van der Waals surface area contributed by atoms with Crippen molar-refractivity contribution in [1.29, 1.82) is 0 Å². The summed E-state index contributed by atoms with van der Waals surface area (Å²) in [5.41, 5.74) is 2.43. The number of sulfonamides is 1. The molecule has 9 heteroatoms. The van der Waals surface area contributed by atoms with E-state index >= 15 is 0 Å². The van der Waals surface area contributed by atoms with E-state index in [-0.39, 0.29) is 17.3 Å². The number of rotatable bonds is 8. The molecule has 1 aromatic carbocycles. The molecular weight excluding hydrogens is 396 g/mol. The molecule has 0 saturated heterocycles. The predicted octanol–water partition coefficient (Wildman–Crippen LogP) is 2.44. The minimum Gasteiger partial charge on any atom is -0.376 e. The number of likely N-dealkylation sites (N-methyl/N-ethyl adjacent to an activating group) is 1. The third-order valence-corrected chi connectivity index (χ3v) is 7.12. The first-order valence-corrected chi connectivity index (χ1v) is 11.1. The van der Waals surface area contributed by atoms with E-state index in [1.54, 1.807) is 23.5 Å². The van der Waals surface area contributed by atoms with Crippen LogP contribution < -0.4 is 10.2 Å². The fraction of sp³-hybridized carbons (Fsp3) is 0.421. The third-order valence-electron chi connectivity index (χ3n) is 4.30. The number of nitrogens with one attached hydrogen (secondary N) is 1. The van der Waals surface area contributed by atoms with Crippen LogP contribution in [0.1, 0.15) is 10.4 Å². The SMILES string of the molecule is Cc1ccsc1CN(C)CC(=O)Nc1cc(S(=O)(=O)N(C)C)ccc1N(C)C. The van der Waals surface area contributed by atoms with Crippen LogP contribution in [0.25, 0.3) is 0 Å². The Kier molecular flexibility index (Phi) is 7.22. The van der Waals surface area contributed by atoms with Crippen molar-refractivity contribution in [3.63, 3.8) is 0 Å². The highest BCUT2D eigenvalue weighted by atomic mass is 32.2. The lowest BCUT2D eigenvalue weighted by Crippen LogP contribution is -2.30. The van der Waals surface area contributed by atoms with E-state index in [9.17, 15) is 13.2 Å². The Morgan fingerprint density at radius 1 is 1.11 bits per heavy atom. The zero-order chi connectivity index (χ0) is 21.1. The molecule has 1 N–H and O–H groups in total. The van der Waals surface area contributed by atoms with Crippen molar-refractivity contribution in [3.05, 3.63) is 40.1 Å². The summed E-state index contributed by atoms with van der Waals surface area (Å²) in [6, 6.07) is 6.82. The van der Waals surface area contributed by atoms with Gasteiger partial charge in [0.15, 0.2) is 0 Å². The Labute approximate surface area is 171 Å². The average molecular weight is 425 g/mol. The first-order valence-electron chi connectivity index (χ1n) is 8.77. The summed E-state index contributed by atoms with van der Waals surface area (Å²) in [6.45, 7) is 2.95. The molecule has 2 rings (SSSR count). The Morgan fingerprint density at radius 2 is 1.79 bits per heavy atom. The van der Waals surface area contributed by atoms with Gasteiger partial charge in [-0.1, -0.05) is 0 Å². The lowest BCUT2D eigenvalue weighted by molar-refractivity contribution is -0.117. The van der Waals surface area contributed by atoms with E-state index in [1.807, 2.05) is 36.3 Å². The summed E-state index contributed by atoms with van der Waals surface area (Å²) in [7, 11) is 4.95. The van der Waals surface area contributed by atoms with Gasteiger partial charge in [-0.3, -0.25) is 9.69 Å². The van der Waals surface area contributed by atoms with Crippen molar-refractivity contribution in [2.75, 3.05) is 52.0 Å². The number of anilines is 2. The highest BCUT2D eigenvalue weighted by Crippen LogP contribution is 2.28. The number of carbonyl (C=O) groups is 1. The minimum atomic E-state index is -3.59. The molecular formula is C19H28N4O3S2. The van der Waals surface area contributed by atoms with Crippen molar-refractivity contribution in [3.8, 4) is 0 Å². The zero-order valence-corrected chi connectivity index (χ0v) is 18.8. The smallest absolute Gasteiger partial charge is 0.242 e. The van der Waals surface area contributed by atoms with Crippen LogP contribution in [0.3, 0.4) is 0 Å². The Bertz CT molecular complexity index is 936. The van der Waals surface area contributed by atoms with Gasteiger partial charge in [0.1, 0.15) is 0 Å². The summed E-state index contributed by atoms with van der Waals surface area (Å²) >= 11 is 1.67. The molecule has 0 aliphatic heterocycles. The molecule has 0 aliphatic rings. The summed E-state index contributed by atoms with van der Waals surface area (Å²) in [5.74, 6) is -0.195. The Balaban J connectivity index is 2.18. The number of hydrogen-bond donors (Lipinski definition) is 1. The molecule has 0 bridgehead atoms. The number of benzene rings is 1. The van der Waals surface area contributed by atoms with Gasteiger partial charge in [0.05, 0.1) is 22.8 Å². The maximum atomic E-state index is 12.6. The van der Waals surface area contributed by atoms with Crippen molar-refractivity contribution in [2.24, 2.45) is 0 Å². The maximum Gasteiger partial charge on any atom is 0.242 e. The number of nitrogens with zero attached hydrogens (tertiary/aromatic N) is 3. The van der Waals surface area contributed by atoms with Crippen LogP contribution in [0.15, 0.2) is 34.5 Å². The van der Waals surface area contributed by atoms with Gasteiger partial charge < -0.3 is 10.2 Å². The van der Waals surface area contributed by atoms with E-state index in [0.29, 0.717) is 12.2 Å². The number of carbonyl (C=O) groups excluding carboxylic acids is 1. The van der Waals surface area contributed by atoms with Crippen LogP contribution >= 0.6 is 11.3 Å². The van der Waals surface area contributed by atoms with Gasteiger partial charge in [0, 0.05) is 39.6 Å². The van der Waals surface area contributed by atoms with Crippen LogP contribution in [0.5, 0.6) is 0 Å². The number of aryl methyl sites for hydroxylation is 1. The Morgan fingerprint density at radius 3 is 2.32 bits per heavy atom. The summed E-state index contributed by atoms with van der Waals surface area (Å²) in [6.07, 6.45) is 0. The molecule has 0 aliphatic carbocycles. The van der Waals surface area contributed by atoms with Crippen LogP contribution in [-0.4, -0.2) is 65.3 Å². The number of thiophene rings is 1. The molecule has 0 spiro atoms. The molecule has 1 heterocycles. The number of hydrogen-bond acceptors (Lipinski definition) is 6. The van der Waals surface area contributed by atoms with Crippen LogP contribution in [0.4, 0.5) is 11.4 Å². The highest BCUT2D eigenvalue weighted by molar-refractivity contribution is 7.89. The van der Waals surface area contributed by atoms with Gasteiger partial charge in [-0.05, 0) is 49.2 Å². The van der Waals surface area contributed by atoms with E-state index in [1.165, 1.54) is 30.6 Å². The predicted molar refractivity (Wildman–Crippen MR) is 116 cm³/mol. The maximum absolute atomic E-state index is 12.6. The first-order chi connectivity index (χ1) is 13.0. The molecule has 0 fully saturated rings. The lowest BCUT2D eigenvalue weighted by atomic mass is 10.2. The average Bonchev–Trinajstić information content (AvgIpc) is 2.98. The van der Waals surface area contributed by atoms with Crippen molar-refractivity contribution >= 4 is 38.6 Å². The van der Waals surface area contributed by atoms with Gasteiger partial charge in [-0.15, -0.1) is 11.3 Å². The Hall–Kier alpha value is -1.94. The molecule has 0 atom stereocenters. The molecule has 1 aromatic heterocycles. The summed E-state index contributed by atoms with van der Waals surface area (Å²) in [4.78, 5) is 17.7. The second-order valence-electron chi connectivity index (χ2n) is 7.11. The van der Waals surface area contributed by atoms with E-state index in [0.717, 1.165) is 9.99 Å². The zero-order valence-electron chi connectivity index (χ0n) is 17.2. The summed E-state index contributed by atoms with van der Waals surface area (Å²) in [5, 5.41) is 4.91. The number of amides is 1. The fourth-order valence-electron chi connectivity index (χ4n) is 2.68. The first kappa shape index (κ1) is 22.4. The lowest BCUT2D eigenvalue weighted by Gasteiger charge is -2.21. The van der Waals surface area contributed by atoms with Gasteiger partial charge in [-0.2, -0.15) is 0 Å².